The molecule has 2 aromatic carbocycles. The molecular formula is C27H27N3O4. The minimum absolute atomic E-state index is 0.0193. The molecule has 174 valence electrons. The van der Waals surface area contributed by atoms with Crippen LogP contribution >= 0.6 is 0 Å². The van der Waals surface area contributed by atoms with E-state index in [2.05, 4.69) is 10.4 Å². The minimum Gasteiger partial charge on any atom is -0.481 e. The molecule has 1 fully saturated rings. The van der Waals surface area contributed by atoms with Crippen molar-refractivity contribution in [2.75, 3.05) is 5.32 Å². The Kier molecular flexibility index (Phi) is 5.69. The molecule has 3 aromatic rings. The standard InChI is InChI=1S/C27H27N3O4/c1-16-25(28-26(31)23-19-11-12-20(14-19)24(23)27(32)33)17(2)30(29-16)15-18-7-6-10-22(13-18)34-21-8-4-3-5-9-21/h3-13,19-20,23-24H,14-15H2,1-2H3,(H,28,31)(H,32,33)/t19-,20-,23+,24+/m0/s1. The molecule has 34 heavy (non-hydrogen) atoms. The lowest BCUT2D eigenvalue weighted by Gasteiger charge is -2.23. The Bertz CT molecular complexity index is 1260. The summed E-state index contributed by atoms with van der Waals surface area (Å²) in [5.41, 5.74) is 3.19. The van der Waals surface area contributed by atoms with Gasteiger partial charge in [0.2, 0.25) is 5.91 Å². The van der Waals surface area contributed by atoms with Crippen LogP contribution in [-0.4, -0.2) is 26.8 Å². The fraction of sp³-hybridized carbons (Fsp3) is 0.296. The molecule has 0 radical (unpaired) electrons. The minimum atomic E-state index is -0.904. The van der Waals surface area contributed by atoms with Crippen molar-refractivity contribution in [3.63, 3.8) is 0 Å². The highest BCUT2D eigenvalue weighted by Crippen LogP contribution is 2.48. The highest BCUT2D eigenvalue weighted by atomic mass is 16.5. The predicted octanol–water partition coefficient (Wildman–Crippen LogP) is 4.80. The molecule has 2 aliphatic carbocycles. The second-order valence-corrected chi connectivity index (χ2v) is 9.09. The first-order chi connectivity index (χ1) is 16.4. The summed E-state index contributed by atoms with van der Waals surface area (Å²) >= 11 is 0. The van der Waals surface area contributed by atoms with Crippen molar-refractivity contribution in [2.24, 2.45) is 23.7 Å². The number of carboxylic acids is 1. The number of carbonyl (C=O) groups is 2. The molecule has 0 aliphatic heterocycles. The van der Waals surface area contributed by atoms with Crippen LogP contribution < -0.4 is 10.1 Å². The number of anilines is 1. The van der Waals surface area contributed by atoms with Gasteiger partial charge in [-0.05, 0) is 61.9 Å². The van der Waals surface area contributed by atoms with Gasteiger partial charge in [0.25, 0.3) is 0 Å². The lowest BCUT2D eigenvalue weighted by atomic mass is 9.82. The molecule has 1 heterocycles. The Morgan fingerprint density at radius 1 is 1.03 bits per heavy atom. The maximum absolute atomic E-state index is 13.1. The lowest BCUT2D eigenvalue weighted by Crippen LogP contribution is -2.36. The van der Waals surface area contributed by atoms with Gasteiger partial charge < -0.3 is 15.2 Å². The molecule has 0 unspecified atom stereocenters. The molecule has 0 saturated heterocycles. The van der Waals surface area contributed by atoms with Gasteiger partial charge in [0.1, 0.15) is 11.5 Å². The van der Waals surface area contributed by atoms with Crippen LogP contribution in [-0.2, 0) is 16.1 Å². The fourth-order valence-electron chi connectivity index (χ4n) is 5.26. The first kappa shape index (κ1) is 21.9. The monoisotopic (exact) mass is 457 g/mol. The third-order valence-corrected chi connectivity index (χ3v) is 6.89. The number of para-hydroxylation sites is 1. The van der Waals surface area contributed by atoms with Gasteiger partial charge in [-0.1, -0.05) is 42.5 Å². The zero-order valence-corrected chi connectivity index (χ0v) is 19.1. The Labute approximate surface area is 198 Å². The van der Waals surface area contributed by atoms with E-state index in [-0.39, 0.29) is 17.7 Å². The quantitative estimate of drug-likeness (QED) is 0.497. The molecule has 5 rings (SSSR count). The van der Waals surface area contributed by atoms with Gasteiger partial charge >= 0.3 is 5.97 Å². The van der Waals surface area contributed by atoms with Gasteiger partial charge in [0.05, 0.1) is 35.5 Å². The summed E-state index contributed by atoms with van der Waals surface area (Å²) in [5.74, 6) is -0.942. The third-order valence-electron chi connectivity index (χ3n) is 6.89. The van der Waals surface area contributed by atoms with Crippen molar-refractivity contribution in [1.82, 2.24) is 9.78 Å². The molecular weight excluding hydrogens is 430 g/mol. The van der Waals surface area contributed by atoms with E-state index in [4.69, 9.17) is 4.74 Å². The summed E-state index contributed by atoms with van der Waals surface area (Å²) in [6.07, 6.45) is 4.66. The number of ether oxygens (including phenoxy) is 1. The molecule has 7 heteroatoms. The van der Waals surface area contributed by atoms with Crippen molar-refractivity contribution >= 4 is 17.6 Å². The van der Waals surface area contributed by atoms with Gasteiger partial charge in [-0.15, -0.1) is 0 Å². The lowest BCUT2D eigenvalue weighted by molar-refractivity contribution is -0.146. The van der Waals surface area contributed by atoms with Crippen LogP contribution in [0.3, 0.4) is 0 Å². The Morgan fingerprint density at radius 3 is 2.47 bits per heavy atom. The first-order valence-electron chi connectivity index (χ1n) is 11.5. The molecule has 2 bridgehead atoms. The summed E-state index contributed by atoms with van der Waals surface area (Å²) in [4.78, 5) is 25.0. The number of fused-ring (bicyclic) bond motifs is 2. The number of nitrogens with zero attached hydrogens (tertiary/aromatic N) is 2. The topological polar surface area (TPSA) is 93.5 Å². The molecule has 1 amide bonds. The summed E-state index contributed by atoms with van der Waals surface area (Å²) in [6.45, 7) is 4.28. The summed E-state index contributed by atoms with van der Waals surface area (Å²) < 4.78 is 7.79. The van der Waals surface area contributed by atoms with Gasteiger partial charge in [-0.25, -0.2) is 0 Å². The molecule has 1 aromatic heterocycles. The number of carbonyl (C=O) groups excluding carboxylic acids is 1. The molecule has 4 atom stereocenters. The zero-order chi connectivity index (χ0) is 23.8. The van der Waals surface area contributed by atoms with Crippen molar-refractivity contribution in [3.05, 3.63) is 83.7 Å². The predicted molar refractivity (Wildman–Crippen MR) is 128 cm³/mol. The fourth-order valence-corrected chi connectivity index (χ4v) is 5.26. The Morgan fingerprint density at radius 2 is 1.74 bits per heavy atom. The molecule has 7 nitrogen and oxygen atoms in total. The number of aliphatic carboxylic acids is 1. The number of aromatic nitrogens is 2. The summed E-state index contributed by atoms with van der Waals surface area (Å²) in [5, 5.41) is 17.3. The number of rotatable bonds is 7. The second-order valence-electron chi connectivity index (χ2n) is 9.09. The molecule has 1 saturated carbocycles. The maximum Gasteiger partial charge on any atom is 0.307 e. The number of allylic oxidation sites excluding steroid dienone is 2. The highest BCUT2D eigenvalue weighted by Gasteiger charge is 2.51. The maximum atomic E-state index is 13.1. The largest absolute Gasteiger partial charge is 0.481 e. The van der Waals surface area contributed by atoms with E-state index < -0.39 is 17.8 Å². The van der Waals surface area contributed by atoms with Crippen LogP contribution in [0.1, 0.15) is 23.4 Å². The van der Waals surface area contributed by atoms with Crippen molar-refractivity contribution in [3.8, 4) is 11.5 Å². The normalized spacial score (nSPS) is 22.6. The Hall–Kier alpha value is -3.87. The number of carboxylic acid groups (broad SMARTS) is 1. The number of aryl methyl sites for hydroxylation is 1. The Balaban J connectivity index is 1.32. The van der Waals surface area contributed by atoms with Crippen LogP contribution in [0.2, 0.25) is 0 Å². The summed E-state index contributed by atoms with van der Waals surface area (Å²) in [6, 6.07) is 17.4. The number of hydrogen-bond acceptors (Lipinski definition) is 4. The average molecular weight is 458 g/mol. The number of nitrogens with one attached hydrogen (secondary N) is 1. The van der Waals surface area contributed by atoms with E-state index in [0.717, 1.165) is 29.2 Å². The smallest absolute Gasteiger partial charge is 0.307 e. The van der Waals surface area contributed by atoms with Crippen molar-refractivity contribution in [1.29, 1.82) is 0 Å². The molecule has 0 spiro atoms. The third kappa shape index (κ3) is 4.09. The van der Waals surface area contributed by atoms with Gasteiger partial charge in [-0.3, -0.25) is 14.3 Å². The zero-order valence-electron chi connectivity index (χ0n) is 19.1. The number of benzene rings is 2. The van der Waals surface area contributed by atoms with E-state index in [9.17, 15) is 14.7 Å². The van der Waals surface area contributed by atoms with E-state index in [0.29, 0.717) is 17.9 Å². The molecule has 2 N–H and O–H groups in total. The van der Waals surface area contributed by atoms with Crippen LogP contribution in [0, 0.1) is 37.5 Å². The van der Waals surface area contributed by atoms with Gasteiger partial charge in [0.15, 0.2) is 0 Å². The molecule has 2 aliphatic rings. The van der Waals surface area contributed by atoms with Crippen LogP contribution in [0.15, 0.2) is 66.7 Å². The number of hydrogen-bond donors (Lipinski definition) is 2. The van der Waals surface area contributed by atoms with E-state index >= 15 is 0 Å². The number of amides is 1. The second kappa shape index (κ2) is 8.82. The van der Waals surface area contributed by atoms with Crippen LogP contribution in [0.25, 0.3) is 0 Å². The van der Waals surface area contributed by atoms with Crippen molar-refractivity contribution < 1.29 is 19.4 Å². The van der Waals surface area contributed by atoms with Crippen LogP contribution in [0.4, 0.5) is 5.69 Å². The van der Waals surface area contributed by atoms with E-state index in [1.807, 2.05) is 85.3 Å². The SMILES string of the molecule is Cc1nn(Cc2cccc(Oc3ccccc3)c2)c(C)c1NC(=O)[C@H]1[C@H](C(=O)O)[C@H]2C=C[C@H]1C2. The van der Waals surface area contributed by atoms with Crippen LogP contribution in [0.5, 0.6) is 11.5 Å². The van der Waals surface area contributed by atoms with Crippen molar-refractivity contribution in [2.45, 2.75) is 26.8 Å². The van der Waals surface area contributed by atoms with E-state index in [1.165, 1.54) is 0 Å². The van der Waals surface area contributed by atoms with Gasteiger partial charge in [-0.2, -0.15) is 5.10 Å². The summed E-state index contributed by atoms with van der Waals surface area (Å²) in [7, 11) is 0. The average Bonchev–Trinajstić information content (AvgIpc) is 3.50. The van der Waals surface area contributed by atoms with Gasteiger partial charge in [0, 0.05) is 0 Å². The first-order valence-corrected chi connectivity index (χ1v) is 11.5. The van der Waals surface area contributed by atoms with E-state index in [1.54, 1.807) is 0 Å². The highest BCUT2D eigenvalue weighted by molar-refractivity contribution is 5.97.